The van der Waals surface area contributed by atoms with Crippen LogP contribution >= 0.6 is 11.6 Å². The normalized spacial score (nSPS) is 20.5. The summed E-state index contributed by atoms with van der Waals surface area (Å²) in [6.45, 7) is 2.65. The molecule has 0 aliphatic carbocycles. The molecular formula is C19H20ClNO2. The Morgan fingerprint density at radius 1 is 1.17 bits per heavy atom. The largest absolute Gasteiger partial charge is 0.506 e. The number of likely N-dealkylation sites (N-methyl/N-ethyl adjacent to an activating group) is 1. The second-order valence-electron chi connectivity index (χ2n) is 6.50. The highest BCUT2D eigenvalue weighted by Gasteiger charge is 2.28. The maximum atomic E-state index is 10.1. The van der Waals surface area contributed by atoms with Gasteiger partial charge in [0.1, 0.15) is 11.5 Å². The molecule has 4 heteroatoms. The first-order valence-corrected chi connectivity index (χ1v) is 8.45. The summed E-state index contributed by atoms with van der Waals surface area (Å²) in [6.07, 6.45) is 1.92. The molecule has 3 nitrogen and oxygen atoms in total. The Labute approximate surface area is 141 Å². The summed E-state index contributed by atoms with van der Waals surface area (Å²) in [5.41, 5.74) is 4.89. The van der Waals surface area contributed by atoms with E-state index in [9.17, 15) is 5.11 Å². The van der Waals surface area contributed by atoms with Gasteiger partial charge < -0.3 is 14.7 Å². The van der Waals surface area contributed by atoms with E-state index >= 15 is 0 Å². The Balaban J connectivity index is 1.88. The number of aromatic hydroxyl groups is 1. The molecule has 2 aromatic carbocycles. The number of nitrogens with zero attached hydrogens (tertiary/aromatic N) is 1. The molecule has 0 saturated heterocycles. The maximum absolute atomic E-state index is 10.1. The van der Waals surface area contributed by atoms with Crippen molar-refractivity contribution in [2.45, 2.75) is 18.8 Å². The van der Waals surface area contributed by atoms with Crippen LogP contribution in [0.4, 0.5) is 0 Å². The molecule has 2 heterocycles. The number of rotatable bonds is 1. The topological polar surface area (TPSA) is 32.7 Å². The summed E-state index contributed by atoms with van der Waals surface area (Å²) in [4.78, 5) is 2.34. The van der Waals surface area contributed by atoms with Gasteiger partial charge in [-0.1, -0.05) is 29.8 Å². The molecule has 0 aromatic heterocycles. The highest BCUT2D eigenvalue weighted by atomic mass is 35.5. The summed E-state index contributed by atoms with van der Waals surface area (Å²) in [7, 11) is 2.14. The van der Waals surface area contributed by atoms with Crippen LogP contribution in [0.3, 0.4) is 0 Å². The van der Waals surface area contributed by atoms with Crippen LogP contribution in [0.15, 0.2) is 30.3 Å². The van der Waals surface area contributed by atoms with Gasteiger partial charge in [-0.05, 0) is 42.3 Å². The second kappa shape index (κ2) is 5.73. The number of hydrogen-bond acceptors (Lipinski definition) is 3. The Hall–Kier alpha value is -1.71. The molecule has 0 bridgehead atoms. The molecule has 2 aliphatic heterocycles. The predicted octanol–water partition coefficient (Wildman–Crippen LogP) is 3.60. The fraction of sp³-hybridized carbons (Fsp3) is 0.368. The molecule has 1 N–H and O–H groups in total. The van der Waals surface area contributed by atoms with Crippen LogP contribution in [0.25, 0.3) is 0 Å². The molecule has 1 atom stereocenters. The van der Waals surface area contributed by atoms with E-state index in [0.29, 0.717) is 5.02 Å². The van der Waals surface area contributed by atoms with E-state index in [1.807, 2.05) is 12.1 Å². The molecular weight excluding hydrogens is 310 g/mol. The third-order valence-corrected chi connectivity index (χ3v) is 5.26. The lowest BCUT2D eigenvalue weighted by molar-refractivity contribution is 0.327. The number of halogens is 1. The first-order chi connectivity index (χ1) is 11.1. The van der Waals surface area contributed by atoms with Gasteiger partial charge in [0.15, 0.2) is 0 Å². The van der Waals surface area contributed by atoms with E-state index in [0.717, 1.165) is 38.3 Å². The van der Waals surface area contributed by atoms with E-state index in [4.69, 9.17) is 16.3 Å². The molecule has 4 rings (SSSR count). The number of phenolic OH excluding ortho intramolecular Hbond substituents is 1. The van der Waals surface area contributed by atoms with Crippen molar-refractivity contribution in [1.29, 1.82) is 0 Å². The highest BCUT2D eigenvalue weighted by Crippen LogP contribution is 2.42. The zero-order valence-corrected chi connectivity index (χ0v) is 13.9. The minimum Gasteiger partial charge on any atom is -0.506 e. The van der Waals surface area contributed by atoms with Gasteiger partial charge in [0.25, 0.3) is 0 Å². The zero-order valence-electron chi connectivity index (χ0n) is 13.2. The zero-order chi connectivity index (χ0) is 16.0. The molecule has 0 unspecified atom stereocenters. The average molecular weight is 330 g/mol. The summed E-state index contributed by atoms with van der Waals surface area (Å²) in [5, 5.41) is 10.5. The van der Waals surface area contributed by atoms with Gasteiger partial charge in [0.05, 0.1) is 11.6 Å². The molecule has 0 spiro atoms. The van der Waals surface area contributed by atoms with Crippen LogP contribution in [0.5, 0.6) is 11.5 Å². The van der Waals surface area contributed by atoms with Crippen molar-refractivity contribution >= 4 is 11.6 Å². The van der Waals surface area contributed by atoms with Crippen molar-refractivity contribution in [1.82, 2.24) is 4.90 Å². The molecule has 2 aromatic rings. The van der Waals surface area contributed by atoms with E-state index < -0.39 is 0 Å². The average Bonchev–Trinajstić information content (AvgIpc) is 2.96. The molecule has 120 valence electrons. The van der Waals surface area contributed by atoms with Crippen LogP contribution in [-0.2, 0) is 12.8 Å². The number of hydrogen-bond donors (Lipinski definition) is 1. The summed E-state index contributed by atoms with van der Waals surface area (Å²) >= 11 is 6.13. The minimum atomic E-state index is 0.161. The standard InChI is InChI=1S/C19H20ClNO2/c1-21-7-5-13-9-17(20)18(22)10-15(13)16(11-21)14-4-2-3-12-6-8-23-19(12)14/h2-4,9-10,16,22H,5-8,11H2,1H3/t16-/m0/s1. The van der Waals surface area contributed by atoms with Gasteiger partial charge in [0.2, 0.25) is 0 Å². The van der Waals surface area contributed by atoms with Crippen molar-refractivity contribution in [2.75, 3.05) is 26.7 Å². The van der Waals surface area contributed by atoms with Gasteiger partial charge in [-0.2, -0.15) is 0 Å². The summed E-state index contributed by atoms with van der Waals surface area (Å²) in [5.74, 6) is 1.38. The predicted molar refractivity (Wildman–Crippen MR) is 91.8 cm³/mol. The lowest BCUT2D eigenvalue weighted by Crippen LogP contribution is -2.24. The van der Waals surface area contributed by atoms with Crippen LogP contribution < -0.4 is 4.74 Å². The van der Waals surface area contributed by atoms with Crippen molar-refractivity contribution in [2.24, 2.45) is 0 Å². The van der Waals surface area contributed by atoms with Gasteiger partial charge in [-0.25, -0.2) is 0 Å². The van der Waals surface area contributed by atoms with Crippen molar-refractivity contribution < 1.29 is 9.84 Å². The fourth-order valence-electron chi connectivity index (χ4n) is 3.75. The van der Waals surface area contributed by atoms with Crippen LogP contribution in [-0.4, -0.2) is 36.8 Å². The van der Waals surface area contributed by atoms with Crippen molar-refractivity contribution in [3.05, 3.63) is 57.6 Å². The van der Waals surface area contributed by atoms with E-state index in [-0.39, 0.29) is 11.7 Å². The monoisotopic (exact) mass is 329 g/mol. The quantitative estimate of drug-likeness (QED) is 0.867. The lowest BCUT2D eigenvalue weighted by atomic mass is 9.86. The Kier molecular flexibility index (Phi) is 3.70. The van der Waals surface area contributed by atoms with E-state index in [1.165, 1.54) is 22.3 Å². The minimum absolute atomic E-state index is 0.161. The number of ether oxygens (including phenoxy) is 1. The van der Waals surface area contributed by atoms with Crippen LogP contribution in [0.1, 0.15) is 28.2 Å². The van der Waals surface area contributed by atoms with Gasteiger partial charge in [0, 0.05) is 31.0 Å². The SMILES string of the molecule is CN1CCc2cc(Cl)c(O)cc2[C@H](c2cccc3c2OCC3)C1. The Morgan fingerprint density at radius 3 is 2.91 bits per heavy atom. The highest BCUT2D eigenvalue weighted by molar-refractivity contribution is 6.32. The Morgan fingerprint density at radius 2 is 2.04 bits per heavy atom. The maximum Gasteiger partial charge on any atom is 0.134 e. The Bertz CT molecular complexity index is 759. The number of phenols is 1. The van der Waals surface area contributed by atoms with Crippen molar-refractivity contribution in [3.63, 3.8) is 0 Å². The molecule has 2 aliphatic rings. The van der Waals surface area contributed by atoms with Crippen LogP contribution in [0, 0.1) is 0 Å². The third-order valence-electron chi connectivity index (χ3n) is 4.96. The smallest absolute Gasteiger partial charge is 0.134 e. The second-order valence-corrected chi connectivity index (χ2v) is 6.91. The van der Waals surface area contributed by atoms with Crippen molar-refractivity contribution in [3.8, 4) is 11.5 Å². The van der Waals surface area contributed by atoms with E-state index in [1.54, 1.807) is 0 Å². The first-order valence-electron chi connectivity index (χ1n) is 8.08. The van der Waals surface area contributed by atoms with E-state index in [2.05, 4.69) is 30.1 Å². The number of benzene rings is 2. The fourth-order valence-corrected chi connectivity index (χ4v) is 3.94. The molecule has 0 amide bonds. The van der Waals surface area contributed by atoms with Gasteiger partial charge in [-0.3, -0.25) is 0 Å². The number of para-hydroxylation sites is 1. The molecule has 0 radical (unpaired) electrons. The molecule has 23 heavy (non-hydrogen) atoms. The lowest BCUT2D eigenvalue weighted by Gasteiger charge is -2.24. The molecule has 0 fully saturated rings. The van der Waals surface area contributed by atoms with Crippen LogP contribution in [0.2, 0.25) is 5.02 Å². The first kappa shape index (κ1) is 14.9. The molecule has 0 saturated carbocycles. The summed E-state index contributed by atoms with van der Waals surface area (Å²) in [6, 6.07) is 10.2. The number of fused-ring (bicyclic) bond motifs is 2. The third kappa shape index (κ3) is 2.58. The van der Waals surface area contributed by atoms with Gasteiger partial charge in [-0.15, -0.1) is 0 Å². The van der Waals surface area contributed by atoms with Gasteiger partial charge >= 0.3 is 0 Å². The summed E-state index contributed by atoms with van der Waals surface area (Å²) < 4.78 is 5.92.